The molecular weight excluding hydrogens is 354 g/mol. The molecule has 1 amide bonds. The van der Waals surface area contributed by atoms with E-state index in [9.17, 15) is 4.79 Å². The van der Waals surface area contributed by atoms with Crippen molar-refractivity contribution in [3.63, 3.8) is 0 Å². The zero-order valence-electron chi connectivity index (χ0n) is 15.4. The van der Waals surface area contributed by atoms with Gasteiger partial charge in [-0.25, -0.2) is 0 Å². The van der Waals surface area contributed by atoms with Crippen molar-refractivity contribution in [2.24, 2.45) is 0 Å². The van der Waals surface area contributed by atoms with E-state index < -0.39 is 0 Å². The van der Waals surface area contributed by atoms with Crippen LogP contribution in [0.25, 0.3) is 10.8 Å². The summed E-state index contributed by atoms with van der Waals surface area (Å²) in [5.74, 6) is -0.0872. The van der Waals surface area contributed by atoms with Crippen molar-refractivity contribution in [2.45, 2.75) is 24.2 Å². The highest BCUT2D eigenvalue weighted by Crippen LogP contribution is 2.33. The maximum absolute atomic E-state index is 12.9. The molecule has 0 saturated carbocycles. The van der Waals surface area contributed by atoms with E-state index in [2.05, 4.69) is 21.3 Å². The van der Waals surface area contributed by atoms with Crippen LogP contribution in [-0.2, 0) is 0 Å². The van der Waals surface area contributed by atoms with Crippen LogP contribution in [0.1, 0.15) is 29.6 Å². The molecule has 1 saturated heterocycles. The molecule has 0 aliphatic carbocycles. The third-order valence-electron chi connectivity index (χ3n) is 5.09. The molecule has 3 aromatic rings. The van der Waals surface area contributed by atoms with Crippen molar-refractivity contribution in [1.82, 2.24) is 4.98 Å². The molecule has 0 spiro atoms. The highest BCUT2D eigenvalue weighted by molar-refractivity contribution is 7.98. The minimum absolute atomic E-state index is 0.0872. The average Bonchev–Trinajstić information content (AvgIpc) is 2.74. The van der Waals surface area contributed by atoms with Gasteiger partial charge in [0.2, 0.25) is 0 Å². The number of hydrogen-bond acceptors (Lipinski definition) is 4. The second-order valence-electron chi connectivity index (χ2n) is 6.76. The zero-order valence-corrected chi connectivity index (χ0v) is 16.3. The van der Waals surface area contributed by atoms with Crippen molar-refractivity contribution in [3.8, 4) is 0 Å². The van der Waals surface area contributed by atoms with Crippen molar-refractivity contribution < 1.29 is 4.79 Å². The number of carbonyl (C=O) groups excluding carboxylic acids is 1. The van der Waals surface area contributed by atoms with E-state index >= 15 is 0 Å². The summed E-state index contributed by atoms with van der Waals surface area (Å²) >= 11 is 1.58. The molecule has 1 aliphatic heterocycles. The van der Waals surface area contributed by atoms with Gasteiger partial charge in [0.1, 0.15) is 0 Å². The predicted octanol–water partition coefficient (Wildman–Crippen LogP) is 5.20. The van der Waals surface area contributed by atoms with Crippen LogP contribution in [0.2, 0.25) is 0 Å². The first-order chi connectivity index (χ1) is 13.3. The minimum atomic E-state index is -0.0872. The van der Waals surface area contributed by atoms with Gasteiger partial charge in [0, 0.05) is 46.8 Å². The van der Waals surface area contributed by atoms with Gasteiger partial charge < -0.3 is 10.2 Å². The van der Waals surface area contributed by atoms with Gasteiger partial charge in [0.25, 0.3) is 5.91 Å². The number of benzene rings is 2. The largest absolute Gasteiger partial charge is 0.371 e. The Morgan fingerprint density at radius 1 is 1.04 bits per heavy atom. The van der Waals surface area contributed by atoms with Gasteiger partial charge in [-0.3, -0.25) is 9.78 Å². The Morgan fingerprint density at radius 3 is 2.67 bits per heavy atom. The Labute approximate surface area is 164 Å². The fourth-order valence-electron chi connectivity index (χ4n) is 3.72. The Kier molecular flexibility index (Phi) is 5.30. The standard InChI is InChI=1S/C22H23N3OS/c1-27-21-8-4-3-7-17(21)22(26)24-19-9-10-20(25-13-5-2-6-14-25)16-11-12-23-15-18(16)19/h3-4,7-12,15H,2,5-6,13-14H2,1H3,(H,24,26). The smallest absolute Gasteiger partial charge is 0.256 e. The number of anilines is 2. The monoisotopic (exact) mass is 377 g/mol. The van der Waals surface area contributed by atoms with Crippen molar-refractivity contribution in [2.75, 3.05) is 29.6 Å². The van der Waals surface area contributed by atoms with E-state index in [-0.39, 0.29) is 5.91 Å². The van der Waals surface area contributed by atoms with Crippen molar-refractivity contribution >= 4 is 39.8 Å². The molecule has 138 valence electrons. The van der Waals surface area contributed by atoms with Gasteiger partial charge in [-0.15, -0.1) is 11.8 Å². The SMILES string of the molecule is CSc1ccccc1C(=O)Nc1ccc(N2CCCCC2)c2ccncc12. The van der Waals surface area contributed by atoms with Gasteiger partial charge in [-0.1, -0.05) is 12.1 Å². The summed E-state index contributed by atoms with van der Waals surface area (Å²) < 4.78 is 0. The summed E-state index contributed by atoms with van der Waals surface area (Å²) in [6.45, 7) is 2.18. The number of carbonyl (C=O) groups is 1. The van der Waals surface area contributed by atoms with Crippen molar-refractivity contribution in [1.29, 1.82) is 0 Å². The molecule has 1 aromatic heterocycles. The molecule has 2 heterocycles. The second kappa shape index (κ2) is 8.01. The van der Waals surface area contributed by atoms with E-state index in [4.69, 9.17) is 0 Å². The van der Waals surface area contributed by atoms with Gasteiger partial charge >= 0.3 is 0 Å². The molecule has 0 unspecified atom stereocenters. The number of pyridine rings is 1. The number of hydrogen-bond donors (Lipinski definition) is 1. The van der Waals surface area contributed by atoms with Crippen LogP contribution in [-0.4, -0.2) is 30.2 Å². The molecule has 0 bridgehead atoms. The summed E-state index contributed by atoms with van der Waals surface area (Å²) in [6.07, 6.45) is 9.42. The Bertz CT molecular complexity index is 967. The minimum Gasteiger partial charge on any atom is -0.371 e. The molecule has 4 rings (SSSR count). The number of fused-ring (bicyclic) bond motifs is 1. The van der Waals surface area contributed by atoms with E-state index in [1.165, 1.54) is 24.9 Å². The first-order valence-corrected chi connectivity index (χ1v) is 10.6. The predicted molar refractivity (Wildman–Crippen MR) is 114 cm³/mol. The summed E-state index contributed by atoms with van der Waals surface area (Å²) in [5.41, 5.74) is 2.73. The number of nitrogens with zero attached hydrogens (tertiary/aromatic N) is 2. The quantitative estimate of drug-likeness (QED) is 0.635. The number of nitrogens with one attached hydrogen (secondary N) is 1. The lowest BCUT2D eigenvalue weighted by atomic mass is 10.0. The second-order valence-corrected chi connectivity index (χ2v) is 7.60. The highest BCUT2D eigenvalue weighted by atomic mass is 32.2. The van der Waals surface area contributed by atoms with Crippen LogP contribution in [0.3, 0.4) is 0 Å². The number of amides is 1. The average molecular weight is 378 g/mol. The topological polar surface area (TPSA) is 45.2 Å². The zero-order chi connectivity index (χ0) is 18.6. The number of rotatable bonds is 4. The van der Waals surface area contributed by atoms with Crippen LogP contribution < -0.4 is 10.2 Å². The number of aromatic nitrogens is 1. The lowest BCUT2D eigenvalue weighted by molar-refractivity contribution is 0.102. The molecule has 4 nitrogen and oxygen atoms in total. The first-order valence-electron chi connectivity index (χ1n) is 9.34. The molecule has 1 N–H and O–H groups in total. The molecule has 0 radical (unpaired) electrons. The summed E-state index contributed by atoms with van der Waals surface area (Å²) in [6, 6.07) is 13.9. The van der Waals surface area contributed by atoms with E-state index in [1.54, 1.807) is 11.8 Å². The number of piperidine rings is 1. The van der Waals surface area contributed by atoms with Crippen LogP contribution in [0, 0.1) is 0 Å². The maximum atomic E-state index is 12.9. The van der Waals surface area contributed by atoms with E-state index in [1.807, 2.05) is 55.0 Å². The Morgan fingerprint density at radius 2 is 1.85 bits per heavy atom. The third-order valence-corrected chi connectivity index (χ3v) is 5.89. The number of thioether (sulfide) groups is 1. The van der Waals surface area contributed by atoms with Crippen molar-refractivity contribution in [3.05, 3.63) is 60.4 Å². The normalized spacial score (nSPS) is 14.3. The molecule has 5 heteroatoms. The summed E-state index contributed by atoms with van der Waals surface area (Å²) in [4.78, 5) is 20.6. The first kappa shape index (κ1) is 17.9. The molecule has 1 fully saturated rings. The van der Waals surface area contributed by atoms with Gasteiger partial charge in [0.05, 0.1) is 11.3 Å². The highest BCUT2D eigenvalue weighted by Gasteiger charge is 2.17. The van der Waals surface area contributed by atoms with Gasteiger partial charge in [-0.05, 0) is 55.9 Å². The van der Waals surface area contributed by atoms with E-state index in [0.29, 0.717) is 5.56 Å². The van der Waals surface area contributed by atoms with Crippen LogP contribution in [0.4, 0.5) is 11.4 Å². The fraction of sp³-hybridized carbons (Fsp3) is 0.273. The molecular formula is C22H23N3OS. The lowest BCUT2D eigenvalue weighted by Crippen LogP contribution is -2.29. The van der Waals surface area contributed by atoms with Crippen LogP contribution >= 0.6 is 11.8 Å². The van der Waals surface area contributed by atoms with Crippen LogP contribution in [0.15, 0.2) is 59.8 Å². The molecule has 1 aliphatic rings. The third kappa shape index (κ3) is 3.65. The molecule has 2 aromatic carbocycles. The Hall–Kier alpha value is -2.53. The van der Waals surface area contributed by atoms with Gasteiger partial charge in [-0.2, -0.15) is 0 Å². The maximum Gasteiger partial charge on any atom is 0.256 e. The summed E-state index contributed by atoms with van der Waals surface area (Å²) in [5, 5.41) is 5.22. The summed E-state index contributed by atoms with van der Waals surface area (Å²) in [7, 11) is 0. The van der Waals surface area contributed by atoms with E-state index in [0.717, 1.165) is 34.4 Å². The Balaban J connectivity index is 1.69. The fourth-order valence-corrected chi connectivity index (χ4v) is 4.31. The van der Waals surface area contributed by atoms with Gasteiger partial charge in [0.15, 0.2) is 0 Å². The molecule has 27 heavy (non-hydrogen) atoms. The lowest BCUT2D eigenvalue weighted by Gasteiger charge is -2.30. The van der Waals surface area contributed by atoms with Crippen LogP contribution in [0.5, 0.6) is 0 Å². The molecule has 0 atom stereocenters.